The number of hydrogen-bond donors (Lipinski definition) is 2. The smallest absolute Gasteiger partial charge is 0.0827 e. The van der Waals surface area contributed by atoms with Gasteiger partial charge in [-0.2, -0.15) is 0 Å². The molecule has 0 bridgehead atoms. The fraction of sp³-hybridized carbons (Fsp3) is 1.00. The molecule has 0 spiro atoms. The summed E-state index contributed by atoms with van der Waals surface area (Å²) in [6.45, 7) is 2.26. The van der Waals surface area contributed by atoms with Crippen LogP contribution in [0.1, 0.15) is 6.92 Å². The molecule has 8 heavy (non-hydrogen) atoms. The van der Waals surface area contributed by atoms with Crippen molar-refractivity contribution in [2.45, 2.75) is 13.0 Å². The summed E-state index contributed by atoms with van der Waals surface area (Å²) in [7, 11) is 0. The van der Waals surface area contributed by atoms with E-state index in [0.29, 0.717) is 6.61 Å². The third kappa shape index (κ3) is 16.1. The first-order valence-corrected chi connectivity index (χ1v) is 1.84. The molecule has 0 rings (SSSR count). The summed E-state index contributed by atoms with van der Waals surface area (Å²) in [5.41, 5.74) is 5.20. The first kappa shape index (κ1) is 15.8. The van der Waals surface area contributed by atoms with Crippen molar-refractivity contribution < 1.29 is 4.84 Å². The Morgan fingerprint density at radius 1 is 1.50 bits per heavy atom. The highest BCUT2D eigenvalue weighted by Crippen LogP contribution is 1.68. The fourth-order valence-corrected chi connectivity index (χ4v) is 0.152. The van der Waals surface area contributed by atoms with Crippen molar-refractivity contribution in [3.63, 3.8) is 0 Å². The summed E-state index contributed by atoms with van der Waals surface area (Å²) in [6.07, 6.45) is 0. The summed E-state index contributed by atoms with van der Waals surface area (Å²) in [5.74, 6) is 4.65. The van der Waals surface area contributed by atoms with Crippen LogP contribution < -0.4 is 11.6 Å². The molecule has 0 unspecified atom stereocenters. The molecule has 0 aliphatic heterocycles. The van der Waals surface area contributed by atoms with Gasteiger partial charge in [-0.3, -0.25) is 0 Å². The minimum absolute atomic E-state index is 0. The minimum Gasteiger partial charge on any atom is -0.326 e. The van der Waals surface area contributed by atoms with Gasteiger partial charge in [-0.15, -0.1) is 24.8 Å². The Hall–Kier alpha value is 0.460. The first-order chi connectivity index (χ1) is 2.77. The Balaban J connectivity index is -0.000000125. The lowest BCUT2D eigenvalue weighted by atomic mass is 10.4. The molecule has 1 atom stereocenters. The van der Waals surface area contributed by atoms with Gasteiger partial charge in [0.2, 0.25) is 0 Å². The van der Waals surface area contributed by atoms with E-state index in [2.05, 4.69) is 10.7 Å². The van der Waals surface area contributed by atoms with Crippen LogP contribution in [0.4, 0.5) is 0 Å². The predicted molar refractivity (Wildman–Crippen MR) is 38.3 cm³/mol. The largest absolute Gasteiger partial charge is 0.326 e. The van der Waals surface area contributed by atoms with Crippen molar-refractivity contribution in [3.05, 3.63) is 0 Å². The maximum Gasteiger partial charge on any atom is 0.0827 e. The van der Waals surface area contributed by atoms with Gasteiger partial charge in [-0.25, -0.2) is 5.90 Å². The quantitative estimate of drug-likeness (QED) is 0.566. The van der Waals surface area contributed by atoms with Gasteiger partial charge in [-0.05, 0) is 6.92 Å². The van der Waals surface area contributed by atoms with Gasteiger partial charge in [0.05, 0.1) is 6.61 Å². The molecular formula is C3H12Cl2N2O. The molecule has 0 aromatic carbocycles. The summed E-state index contributed by atoms with van der Waals surface area (Å²) in [5, 5.41) is 0. The lowest BCUT2D eigenvalue weighted by molar-refractivity contribution is 0.128. The molecule has 0 fully saturated rings. The molecule has 0 aromatic heterocycles. The monoisotopic (exact) mass is 162 g/mol. The topological polar surface area (TPSA) is 61.3 Å². The molecule has 0 radical (unpaired) electrons. The van der Waals surface area contributed by atoms with Crippen molar-refractivity contribution in [1.29, 1.82) is 0 Å². The molecule has 0 saturated carbocycles. The van der Waals surface area contributed by atoms with Gasteiger partial charge >= 0.3 is 0 Å². The Bertz CT molecular complexity index is 36.5. The highest BCUT2D eigenvalue weighted by Gasteiger charge is 1.86. The van der Waals surface area contributed by atoms with Crippen LogP contribution in [-0.2, 0) is 4.84 Å². The zero-order valence-electron chi connectivity index (χ0n) is 4.66. The van der Waals surface area contributed by atoms with Crippen molar-refractivity contribution >= 4 is 24.8 Å². The number of nitrogens with two attached hydrogens (primary N) is 2. The average molecular weight is 163 g/mol. The lowest BCUT2D eigenvalue weighted by Gasteiger charge is -1.97. The minimum atomic E-state index is 0. The number of hydrogen-bond acceptors (Lipinski definition) is 3. The maximum atomic E-state index is 5.20. The molecule has 4 N–H and O–H groups in total. The van der Waals surface area contributed by atoms with Crippen LogP contribution in [-0.4, -0.2) is 12.6 Å². The van der Waals surface area contributed by atoms with Gasteiger partial charge in [0.25, 0.3) is 0 Å². The maximum absolute atomic E-state index is 5.20. The van der Waals surface area contributed by atoms with Crippen molar-refractivity contribution in [3.8, 4) is 0 Å². The summed E-state index contributed by atoms with van der Waals surface area (Å²) < 4.78 is 0. The standard InChI is InChI=1S/C3H10N2O.2ClH/c1-3(4)2-6-5;;/h3H,2,4-5H2,1H3;2*1H/t3-;;/m1../s1. The van der Waals surface area contributed by atoms with Gasteiger partial charge in [-0.1, -0.05) is 0 Å². The van der Waals surface area contributed by atoms with E-state index in [1.165, 1.54) is 0 Å². The van der Waals surface area contributed by atoms with E-state index >= 15 is 0 Å². The van der Waals surface area contributed by atoms with Crippen molar-refractivity contribution in [2.24, 2.45) is 11.6 Å². The predicted octanol–water partition coefficient (Wildman–Crippen LogP) is 0.0675. The molecule has 0 aromatic rings. The Kier molecular flexibility index (Phi) is 20.6. The van der Waals surface area contributed by atoms with Crippen LogP contribution >= 0.6 is 24.8 Å². The second-order valence-corrected chi connectivity index (χ2v) is 1.31. The molecule has 5 heteroatoms. The number of halogens is 2. The van der Waals surface area contributed by atoms with E-state index < -0.39 is 0 Å². The Morgan fingerprint density at radius 2 is 1.88 bits per heavy atom. The molecule has 3 nitrogen and oxygen atoms in total. The zero-order chi connectivity index (χ0) is 4.99. The van der Waals surface area contributed by atoms with E-state index in [1.54, 1.807) is 0 Å². The highest BCUT2D eigenvalue weighted by molar-refractivity contribution is 5.85. The van der Waals surface area contributed by atoms with Gasteiger partial charge in [0.1, 0.15) is 0 Å². The highest BCUT2D eigenvalue weighted by atomic mass is 35.5. The first-order valence-electron chi connectivity index (χ1n) is 1.84. The lowest BCUT2D eigenvalue weighted by Crippen LogP contribution is -2.23. The summed E-state index contributed by atoms with van der Waals surface area (Å²) in [4.78, 5) is 4.18. The van der Waals surface area contributed by atoms with Crippen LogP contribution in [0.3, 0.4) is 0 Å². The van der Waals surface area contributed by atoms with Crippen LogP contribution in [0.5, 0.6) is 0 Å². The number of rotatable bonds is 2. The van der Waals surface area contributed by atoms with Crippen LogP contribution in [0.15, 0.2) is 0 Å². The molecule has 54 valence electrons. The van der Waals surface area contributed by atoms with Gasteiger partial charge in [0, 0.05) is 6.04 Å². The summed E-state index contributed by atoms with van der Waals surface area (Å²) in [6, 6.07) is 0.0509. The average Bonchev–Trinajstić information content (AvgIpc) is 1.35. The van der Waals surface area contributed by atoms with E-state index in [1.807, 2.05) is 6.92 Å². The van der Waals surface area contributed by atoms with Gasteiger partial charge in [0.15, 0.2) is 0 Å². The zero-order valence-corrected chi connectivity index (χ0v) is 6.30. The van der Waals surface area contributed by atoms with Crippen LogP contribution in [0.25, 0.3) is 0 Å². The fourth-order valence-electron chi connectivity index (χ4n) is 0.152. The normalized spacial score (nSPS) is 10.9. The molecular weight excluding hydrogens is 151 g/mol. The SMILES string of the molecule is C[C@@H](N)CON.Cl.Cl. The van der Waals surface area contributed by atoms with E-state index in [9.17, 15) is 0 Å². The third-order valence-corrected chi connectivity index (χ3v) is 0.359. The molecule has 0 aliphatic rings. The molecule has 0 aliphatic carbocycles. The van der Waals surface area contributed by atoms with Crippen molar-refractivity contribution in [2.75, 3.05) is 6.61 Å². The van der Waals surface area contributed by atoms with Gasteiger partial charge < -0.3 is 10.6 Å². The van der Waals surface area contributed by atoms with Crippen LogP contribution in [0.2, 0.25) is 0 Å². The molecule has 0 saturated heterocycles. The van der Waals surface area contributed by atoms with Crippen molar-refractivity contribution in [1.82, 2.24) is 0 Å². The Morgan fingerprint density at radius 3 is 1.88 bits per heavy atom. The molecule has 0 amide bonds. The van der Waals surface area contributed by atoms with E-state index in [-0.39, 0.29) is 30.9 Å². The third-order valence-electron chi connectivity index (χ3n) is 0.359. The van der Waals surface area contributed by atoms with E-state index in [4.69, 9.17) is 5.73 Å². The van der Waals surface area contributed by atoms with E-state index in [0.717, 1.165) is 0 Å². The second-order valence-electron chi connectivity index (χ2n) is 1.31. The Labute approximate surface area is 61.5 Å². The summed E-state index contributed by atoms with van der Waals surface area (Å²) >= 11 is 0. The second kappa shape index (κ2) is 10.4. The molecule has 0 heterocycles. The van der Waals surface area contributed by atoms with Crippen LogP contribution in [0, 0.1) is 0 Å².